The van der Waals surface area contributed by atoms with E-state index < -0.39 is 255 Å². The monoisotopic (exact) mass is 1580 g/mol. The Kier molecular flexibility index (Phi) is 40.4. The zero-order valence-electron chi connectivity index (χ0n) is 63.1. The van der Waals surface area contributed by atoms with Gasteiger partial charge in [0.1, 0.15) is 72.6 Å². The highest BCUT2D eigenvalue weighted by Gasteiger charge is 2.41. The smallest absolute Gasteiger partial charge is 0.329 e. The Balaban J connectivity index is 2.20. The number of hydrogen-bond donors (Lipinski definition) is 21. The van der Waals surface area contributed by atoms with Gasteiger partial charge in [-0.05, 0) is 69.5 Å². The Hall–Kier alpha value is -11.9. The molecule has 0 saturated carbocycles. The number of aromatic nitrogens is 1. The molecule has 42 heteroatoms. The molecule has 2 heterocycles. The Morgan fingerprint density at radius 1 is 0.527 bits per heavy atom. The zero-order valence-corrected chi connectivity index (χ0v) is 63.1. The number of carboxylic acids is 4. The Morgan fingerprint density at radius 3 is 1.62 bits per heavy atom. The maximum atomic E-state index is 14.7. The molecule has 0 spiro atoms. The van der Waals surface area contributed by atoms with Crippen molar-refractivity contribution in [1.29, 1.82) is 0 Å². The molecule has 1 aliphatic heterocycles. The van der Waals surface area contributed by atoms with E-state index in [9.17, 15) is 116 Å². The van der Waals surface area contributed by atoms with Crippen molar-refractivity contribution in [2.45, 2.75) is 236 Å². The van der Waals surface area contributed by atoms with Crippen LogP contribution >= 0.6 is 0 Å². The number of para-hydroxylation sites is 1. The number of benzene rings is 1. The molecule has 15 amide bonds. The summed E-state index contributed by atoms with van der Waals surface area (Å²) in [6.45, 7) is 6.62. The largest absolute Gasteiger partial charge is 0.481 e. The summed E-state index contributed by atoms with van der Waals surface area (Å²) in [5.74, 6) is -27.9. The Bertz CT molecular complexity index is 3720. The van der Waals surface area contributed by atoms with E-state index in [0.29, 0.717) is 35.2 Å². The lowest BCUT2D eigenvalue weighted by Gasteiger charge is -2.30. The number of fused-ring (bicyclic) bond motifs is 1. The molecule has 1 aromatic heterocycles. The summed E-state index contributed by atoms with van der Waals surface area (Å²) in [4.78, 5) is 273. The second-order valence-electron chi connectivity index (χ2n) is 27.4. The first-order valence-electron chi connectivity index (χ1n) is 36.5. The van der Waals surface area contributed by atoms with Crippen molar-refractivity contribution in [1.82, 2.24) is 74.1 Å². The van der Waals surface area contributed by atoms with Gasteiger partial charge in [-0.2, -0.15) is 0 Å². The van der Waals surface area contributed by atoms with Gasteiger partial charge in [-0.25, -0.2) is 4.79 Å². The quantitative estimate of drug-likeness (QED) is 0.0224. The maximum absolute atomic E-state index is 14.7. The maximum Gasteiger partial charge on any atom is 0.329 e. The summed E-state index contributed by atoms with van der Waals surface area (Å²) in [6.07, 6.45) is -2.40. The lowest BCUT2D eigenvalue weighted by molar-refractivity contribution is -0.157. The van der Waals surface area contributed by atoms with Gasteiger partial charge in [-0.1, -0.05) is 90.8 Å². The third kappa shape index (κ3) is 34.4. The number of aliphatic carboxylic acids is 4. The number of cyclic esters (lactones) is 1. The van der Waals surface area contributed by atoms with Crippen LogP contribution in [0.5, 0.6) is 0 Å². The number of aromatic amines is 1. The van der Waals surface area contributed by atoms with E-state index in [4.69, 9.17) is 21.9 Å². The first kappa shape index (κ1) is 94.3. The average Bonchev–Trinajstić information content (AvgIpc) is 1.57. The normalized spacial score (nSPS) is 21.5. The predicted molar refractivity (Wildman–Crippen MR) is 391 cm³/mol. The fourth-order valence-corrected chi connectivity index (χ4v) is 11.4. The lowest BCUT2D eigenvalue weighted by atomic mass is 9.98. The van der Waals surface area contributed by atoms with Gasteiger partial charge in [0.15, 0.2) is 0 Å². The molecule has 1 aliphatic rings. The topological polar surface area (TPSA) is 682 Å². The molecule has 13 atom stereocenters. The van der Waals surface area contributed by atoms with E-state index in [-0.39, 0.29) is 38.6 Å². The molecular weight excluding hydrogens is 1480 g/mol. The van der Waals surface area contributed by atoms with E-state index in [2.05, 4.69) is 77.3 Å². The predicted octanol–water partition coefficient (Wildman–Crippen LogP) is -5.16. The number of nitrogens with one attached hydrogen (secondary N) is 14. The number of amides is 15. The fourth-order valence-electron chi connectivity index (χ4n) is 11.4. The second kappa shape index (κ2) is 47.9. The number of carbonyl (C=O) groups excluding carboxylic acids is 16. The molecule has 24 N–H and O–H groups in total. The number of primary amides is 2. The molecule has 112 heavy (non-hydrogen) atoms. The van der Waals surface area contributed by atoms with E-state index in [1.54, 1.807) is 30.5 Å². The highest BCUT2D eigenvalue weighted by atomic mass is 16.5. The molecule has 0 aliphatic carbocycles. The summed E-state index contributed by atoms with van der Waals surface area (Å²) < 4.78 is 5.71. The third-order valence-electron chi connectivity index (χ3n) is 17.7. The van der Waals surface area contributed by atoms with Gasteiger partial charge in [0.2, 0.25) is 88.6 Å². The average molecular weight is 1580 g/mol. The number of nitrogens with two attached hydrogens (primary N) is 3. The lowest BCUT2D eigenvalue weighted by Crippen LogP contribution is -2.62. The Labute approximate surface area is 643 Å². The van der Waals surface area contributed by atoms with Gasteiger partial charge < -0.3 is 116 Å². The van der Waals surface area contributed by atoms with Gasteiger partial charge in [0.05, 0.1) is 45.2 Å². The molecule has 0 bridgehead atoms. The summed E-state index contributed by atoms with van der Waals surface area (Å²) in [5.41, 5.74) is 17.9. The van der Waals surface area contributed by atoms with E-state index in [1.807, 2.05) is 10.6 Å². The van der Waals surface area contributed by atoms with Gasteiger partial charge in [0, 0.05) is 36.4 Å². The minimum atomic E-state index is -2.33. The van der Waals surface area contributed by atoms with Crippen LogP contribution in [0.3, 0.4) is 0 Å². The molecule has 2 aromatic rings. The summed E-state index contributed by atoms with van der Waals surface area (Å²) in [5, 5.41) is 68.5. The van der Waals surface area contributed by atoms with Gasteiger partial charge >= 0.3 is 29.8 Å². The SMILES string of the molecule is CCC(C)C1NC(=O)C(CCC(=O)O)NC(=O)C(CC(N)=O)NC(=O)CNC(=O)C(CC(=O)O)NC(=O)C(C)NC(=O)C(CC(=O)O)NC(=O)C(CCCN)NC(=O)CNC(=O)C(NC(=O)C(CC(=O)O)NC(=O)C(CC(N)=O)NC(=O)C(Cc2c[nH]c3ccccc23)NC(=O)CCCCCCCCC(C)C)C(C)OC1=O. The van der Waals surface area contributed by atoms with Crippen molar-refractivity contribution in [2.24, 2.45) is 29.0 Å². The van der Waals surface area contributed by atoms with Crippen LogP contribution in [0, 0.1) is 11.8 Å². The second-order valence-corrected chi connectivity index (χ2v) is 27.4. The number of unbranched alkanes of at least 4 members (excludes halogenated alkanes) is 5. The Morgan fingerprint density at radius 2 is 1.04 bits per heavy atom. The third-order valence-corrected chi connectivity index (χ3v) is 17.7. The number of hydrogen-bond acceptors (Lipinski definition) is 22. The van der Waals surface area contributed by atoms with E-state index in [1.165, 1.54) is 13.8 Å². The number of H-pyrrole nitrogens is 1. The molecule has 13 unspecified atom stereocenters. The molecule has 1 aromatic carbocycles. The van der Waals surface area contributed by atoms with E-state index >= 15 is 0 Å². The van der Waals surface area contributed by atoms with Gasteiger partial charge in [-0.3, -0.25) is 91.1 Å². The number of rotatable bonds is 36. The first-order valence-corrected chi connectivity index (χ1v) is 36.5. The number of esters is 1. The van der Waals surface area contributed by atoms with Crippen LogP contribution in [0.4, 0.5) is 0 Å². The van der Waals surface area contributed by atoms with Gasteiger partial charge in [0.25, 0.3) is 0 Å². The molecule has 3 rings (SSSR count). The van der Waals surface area contributed by atoms with Gasteiger partial charge in [-0.15, -0.1) is 0 Å². The first-order chi connectivity index (χ1) is 52.7. The number of ether oxygens (including phenoxy) is 1. The molecule has 1 saturated heterocycles. The molecular formula is C70H105N17O25. The van der Waals surface area contributed by atoms with Crippen molar-refractivity contribution < 1.29 is 121 Å². The highest BCUT2D eigenvalue weighted by Crippen LogP contribution is 2.21. The summed E-state index contributed by atoms with van der Waals surface area (Å²) in [7, 11) is 0. The van der Waals surface area contributed by atoms with Crippen molar-refractivity contribution in [3.63, 3.8) is 0 Å². The van der Waals surface area contributed by atoms with Crippen LogP contribution in [0.15, 0.2) is 30.5 Å². The van der Waals surface area contributed by atoms with Crippen LogP contribution in [-0.2, 0) is 107 Å². The minimum absolute atomic E-state index is 0.00242. The minimum Gasteiger partial charge on any atom is -0.481 e. The number of carboxylic acid groups (broad SMARTS) is 4. The van der Waals surface area contributed by atoms with Crippen LogP contribution in [-0.4, -0.2) is 236 Å². The van der Waals surface area contributed by atoms with Crippen molar-refractivity contribution in [3.8, 4) is 0 Å². The number of carbonyl (C=O) groups is 20. The summed E-state index contributed by atoms with van der Waals surface area (Å²) in [6, 6.07) is -14.7. The molecule has 1 fully saturated rings. The highest BCUT2D eigenvalue weighted by molar-refractivity contribution is 6.02. The van der Waals surface area contributed by atoms with Crippen LogP contribution < -0.4 is 86.3 Å². The summed E-state index contributed by atoms with van der Waals surface area (Å²) >= 11 is 0. The van der Waals surface area contributed by atoms with Crippen LogP contribution in [0.25, 0.3) is 10.9 Å². The zero-order chi connectivity index (χ0) is 84.1. The molecule has 42 nitrogen and oxygen atoms in total. The van der Waals surface area contributed by atoms with Crippen molar-refractivity contribution in [3.05, 3.63) is 36.0 Å². The van der Waals surface area contributed by atoms with Crippen LogP contribution in [0.2, 0.25) is 0 Å². The fraction of sp³-hybridized carbons (Fsp3) is 0.600. The molecule has 0 radical (unpaired) electrons. The van der Waals surface area contributed by atoms with Crippen LogP contribution in [0.1, 0.15) is 163 Å². The van der Waals surface area contributed by atoms with Crippen molar-refractivity contribution >= 4 is 129 Å². The standard InChI is InChI=1S/C70H105N17O25/c1-7-35(4)58-70(111)112-37(6)59(87-68(109)48(30-57(99)100)85-67(108)45(27-50(73)89)83-65(106)43(25-38-31-74-40-19-15-14-18-39(38)40)79-51(90)21-13-11-9-8-10-12-17-34(2)3)69(110)76-33-52(91)78-41(20-16-24-71)62(103)84-47(29-56(97)98)64(105)77-36(5)60(101)82-46(28-55(95)96)61(102)75-32-53(92)80-44(26-49(72)88)66(107)81-42(63(104)86-58)22-23-54(93)94/h14-15,18-19,31,34-37,41-48,58-59,74H,7-13,16-17,20-30,32-33,71H2,1-6H3,(H2,72,88)(H2,73,89)(H,75,102)(H,76,110)(H,77,105)(H,78,91)(H,79,90)(H,80,92)(H,81,107)(H,82,101)(H,83,106)(H,84,103)(H,85,108)(H,86,104)(H,87,109)(H,93,94)(H,95,96)(H,97,98)(H,99,100). The van der Waals surface area contributed by atoms with E-state index in [0.717, 1.165) is 46.0 Å². The molecule has 620 valence electrons. The van der Waals surface area contributed by atoms with Crippen molar-refractivity contribution in [2.75, 3.05) is 19.6 Å².